The molecule has 0 saturated heterocycles. The highest BCUT2D eigenvalue weighted by Crippen LogP contribution is 2.42. The molecule has 1 aliphatic rings. The zero-order valence-electron chi connectivity index (χ0n) is 38.4. The van der Waals surface area contributed by atoms with Crippen molar-refractivity contribution in [1.29, 1.82) is 0 Å². The van der Waals surface area contributed by atoms with E-state index in [2.05, 4.69) is 243 Å². The summed E-state index contributed by atoms with van der Waals surface area (Å²) in [6.07, 6.45) is 6.75. The van der Waals surface area contributed by atoms with Gasteiger partial charge in [0.05, 0.1) is 11.0 Å². The van der Waals surface area contributed by atoms with Crippen LogP contribution in [0.5, 0.6) is 0 Å². The molecule has 3 heteroatoms. The van der Waals surface area contributed by atoms with Gasteiger partial charge >= 0.3 is 0 Å². The number of aromatic nitrogens is 1. The Morgan fingerprint density at radius 2 is 1.12 bits per heavy atom. The van der Waals surface area contributed by atoms with Crippen molar-refractivity contribution in [3.63, 3.8) is 0 Å². The molecule has 2 heterocycles. The highest BCUT2D eigenvalue weighted by molar-refractivity contribution is 7.25. The maximum atomic E-state index is 2.39. The lowest BCUT2D eigenvalue weighted by molar-refractivity contribution is 0.984. The van der Waals surface area contributed by atoms with Gasteiger partial charge in [-0.1, -0.05) is 159 Å². The average Bonchev–Trinajstić information content (AvgIpc) is 3.92. The minimum Gasteiger partial charge on any atom is -0.310 e. The number of aryl methyl sites for hydroxylation is 4. The normalized spacial score (nSPS) is 11.8. The fraction of sp³-hybridized carbons (Fsp3) is 0.111. The minimum atomic E-state index is 1.11. The third kappa shape index (κ3) is 8.01. The first-order valence-corrected chi connectivity index (χ1v) is 24.1. The van der Waals surface area contributed by atoms with E-state index in [0.717, 1.165) is 12.8 Å². The second kappa shape index (κ2) is 18.6. The molecule has 0 unspecified atom stereocenters. The molecule has 0 bridgehead atoms. The van der Waals surface area contributed by atoms with E-state index in [1.165, 1.54) is 115 Å². The fourth-order valence-corrected chi connectivity index (χ4v) is 10.8. The molecular formula is C63H54N2S. The van der Waals surface area contributed by atoms with Crippen molar-refractivity contribution in [2.24, 2.45) is 0 Å². The van der Waals surface area contributed by atoms with E-state index in [9.17, 15) is 0 Å². The highest BCUT2D eigenvalue weighted by Gasteiger charge is 2.18. The molecule has 0 atom stereocenters. The summed E-state index contributed by atoms with van der Waals surface area (Å²) in [4.78, 5) is 2.39. The number of para-hydroxylation sites is 2. The first kappa shape index (κ1) is 42.5. The molecule has 0 fully saturated rings. The van der Waals surface area contributed by atoms with Crippen LogP contribution in [0.3, 0.4) is 0 Å². The largest absolute Gasteiger partial charge is 0.310 e. The van der Waals surface area contributed by atoms with Crippen molar-refractivity contribution in [2.75, 3.05) is 4.90 Å². The summed E-state index contributed by atoms with van der Waals surface area (Å²) in [5.41, 5.74) is 19.1. The maximum absolute atomic E-state index is 2.39. The van der Waals surface area contributed by atoms with Gasteiger partial charge in [-0.25, -0.2) is 0 Å². The van der Waals surface area contributed by atoms with Gasteiger partial charge in [0.15, 0.2) is 0 Å². The Kier molecular flexibility index (Phi) is 12.0. The summed E-state index contributed by atoms with van der Waals surface area (Å²) >= 11 is 1.87. The van der Waals surface area contributed by atoms with Crippen molar-refractivity contribution >= 4 is 76.5 Å². The Balaban J connectivity index is 0.000000150. The van der Waals surface area contributed by atoms with Crippen molar-refractivity contribution < 1.29 is 0 Å². The van der Waals surface area contributed by atoms with Gasteiger partial charge in [-0.05, 0) is 151 Å². The Labute approximate surface area is 393 Å². The smallest absolute Gasteiger partial charge is 0.0547 e. The fourth-order valence-electron chi connectivity index (χ4n) is 9.68. The van der Waals surface area contributed by atoms with E-state index in [-0.39, 0.29) is 0 Å². The third-order valence-corrected chi connectivity index (χ3v) is 14.0. The lowest BCUT2D eigenvalue weighted by Gasteiger charge is -2.27. The molecule has 0 N–H and O–H groups in total. The Bertz CT molecular complexity index is 3530. The Morgan fingerprint density at radius 1 is 0.470 bits per heavy atom. The number of fused-ring (bicyclic) bond motifs is 7. The van der Waals surface area contributed by atoms with Gasteiger partial charge in [0.1, 0.15) is 0 Å². The molecule has 0 radical (unpaired) electrons. The summed E-state index contributed by atoms with van der Waals surface area (Å²) in [6, 6.07) is 72.9. The maximum Gasteiger partial charge on any atom is 0.0547 e. The summed E-state index contributed by atoms with van der Waals surface area (Å²) in [5, 5.41) is 5.26. The number of allylic oxidation sites excluding steroid dienone is 1. The molecule has 0 saturated carbocycles. The summed E-state index contributed by atoms with van der Waals surface area (Å²) in [6.45, 7) is 10.5. The lowest BCUT2D eigenvalue weighted by Crippen LogP contribution is -2.11. The monoisotopic (exact) mass is 870 g/mol. The minimum absolute atomic E-state index is 1.11. The van der Waals surface area contributed by atoms with Crippen LogP contribution in [-0.4, -0.2) is 4.57 Å². The van der Waals surface area contributed by atoms with E-state index in [0.29, 0.717) is 0 Å². The quantitative estimate of drug-likeness (QED) is 0.162. The number of anilines is 3. The van der Waals surface area contributed by atoms with Gasteiger partial charge in [-0.2, -0.15) is 0 Å². The zero-order chi connectivity index (χ0) is 45.1. The number of thiophene rings is 1. The van der Waals surface area contributed by atoms with Gasteiger partial charge in [0.2, 0.25) is 0 Å². The average molecular weight is 871 g/mol. The van der Waals surface area contributed by atoms with Crippen LogP contribution in [0.1, 0.15) is 48.1 Å². The number of nitrogens with zero attached hydrogens (tertiary/aromatic N) is 2. The van der Waals surface area contributed by atoms with E-state index < -0.39 is 0 Å². The third-order valence-electron chi connectivity index (χ3n) is 12.9. The van der Waals surface area contributed by atoms with Crippen LogP contribution in [0.25, 0.3) is 76.0 Å². The number of hydrogen-bond acceptors (Lipinski definition) is 2. The van der Waals surface area contributed by atoms with Crippen molar-refractivity contribution in [1.82, 2.24) is 4.57 Å². The van der Waals surface area contributed by atoms with Crippen LogP contribution in [0.15, 0.2) is 206 Å². The standard InChI is InChI=1S/C32H25N.C29H23NS.C2H6/c1-22-11-6-7-14-26(22)27-20-19-24(21-23(27)2)28-16-10-18-31-32(28)29-15-8-9-17-30(29)33(31)25-12-4-3-5-13-25;1-20-10-13-23(14-11-20)30(24-15-12-21-6-2-3-7-22(21)18-24)25-16-17-29-27(19-25)26-8-4-5-9-28(26)31-29;1-2/h3-21H,1-2H3;2,4-6,8-19H,3,7H2,1H3;1-2H3. The second-order valence-corrected chi connectivity index (χ2v) is 18.1. The SMILES string of the molecule is CC.Cc1ccc(N(c2ccc3c(c2)CCC=C3)c2ccc3sc4ccccc4c3c2)cc1.Cc1ccccc1-c1ccc(-c2cccc3c2c2ccccc2n3-c2ccccc2)cc1C. The van der Waals surface area contributed by atoms with Gasteiger partial charge in [0, 0.05) is 53.7 Å². The van der Waals surface area contributed by atoms with Gasteiger partial charge in [0.25, 0.3) is 0 Å². The molecule has 2 nitrogen and oxygen atoms in total. The number of hydrogen-bond donors (Lipinski definition) is 0. The highest BCUT2D eigenvalue weighted by atomic mass is 32.1. The first-order chi connectivity index (χ1) is 32.5. The number of benzene rings is 9. The molecule has 0 aliphatic heterocycles. The summed E-state index contributed by atoms with van der Waals surface area (Å²) in [5.74, 6) is 0. The van der Waals surface area contributed by atoms with Crippen molar-refractivity contribution in [3.05, 3.63) is 234 Å². The van der Waals surface area contributed by atoms with Crippen LogP contribution < -0.4 is 4.90 Å². The molecule has 1 aliphatic carbocycles. The molecule has 0 spiro atoms. The topological polar surface area (TPSA) is 8.17 Å². The second-order valence-electron chi connectivity index (χ2n) is 17.0. The Hall–Kier alpha value is -7.46. The Morgan fingerprint density at radius 3 is 1.94 bits per heavy atom. The number of rotatable bonds is 6. The van der Waals surface area contributed by atoms with Crippen molar-refractivity contribution in [2.45, 2.75) is 47.5 Å². The lowest BCUT2D eigenvalue weighted by atomic mass is 9.92. The first-order valence-electron chi connectivity index (χ1n) is 23.3. The molecule has 2 aromatic heterocycles. The van der Waals surface area contributed by atoms with Gasteiger partial charge < -0.3 is 9.47 Å². The molecule has 0 amide bonds. The van der Waals surface area contributed by atoms with Crippen LogP contribution >= 0.6 is 11.3 Å². The predicted molar refractivity (Wildman–Crippen MR) is 289 cm³/mol. The summed E-state index contributed by atoms with van der Waals surface area (Å²) in [7, 11) is 0. The van der Waals surface area contributed by atoms with Crippen LogP contribution in [0, 0.1) is 20.8 Å². The van der Waals surface area contributed by atoms with Gasteiger partial charge in [-0.15, -0.1) is 11.3 Å². The van der Waals surface area contributed by atoms with Crippen molar-refractivity contribution in [3.8, 4) is 27.9 Å². The molecule has 322 valence electrons. The molecule has 11 aromatic rings. The van der Waals surface area contributed by atoms with Crippen LogP contribution in [0.2, 0.25) is 0 Å². The van der Waals surface area contributed by atoms with E-state index >= 15 is 0 Å². The van der Waals surface area contributed by atoms with E-state index in [4.69, 9.17) is 0 Å². The zero-order valence-corrected chi connectivity index (χ0v) is 39.2. The van der Waals surface area contributed by atoms with Gasteiger partial charge in [-0.3, -0.25) is 0 Å². The van der Waals surface area contributed by atoms with E-state index in [1.54, 1.807) is 0 Å². The molecular weight excluding hydrogens is 817 g/mol. The predicted octanol–water partition coefficient (Wildman–Crippen LogP) is 18.6. The molecule has 9 aromatic carbocycles. The van der Waals surface area contributed by atoms with Crippen LogP contribution in [0.4, 0.5) is 17.1 Å². The summed E-state index contributed by atoms with van der Waals surface area (Å²) < 4.78 is 5.06. The van der Waals surface area contributed by atoms with E-state index in [1.807, 2.05) is 25.2 Å². The van der Waals surface area contributed by atoms with Crippen LogP contribution in [-0.2, 0) is 6.42 Å². The molecule has 12 rings (SSSR count). The molecule has 66 heavy (non-hydrogen) atoms.